The average molecular weight is 365 g/mol. The molecule has 0 spiro atoms. The summed E-state index contributed by atoms with van der Waals surface area (Å²) in [5.41, 5.74) is -0.459. The molecule has 0 fully saturated rings. The lowest BCUT2D eigenvalue weighted by molar-refractivity contribution is 0.670. The first-order valence-corrected chi connectivity index (χ1v) is 8.13. The number of para-hydroxylation sites is 1. The molecule has 0 atom stereocenters. The Kier molecular flexibility index (Phi) is 1.89. The van der Waals surface area contributed by atoms with E-state index < -0.39 is 65.5 Å². The highest BCUT2D eigenvalue weighted by molar-refractivity contribution is 6.37. The van der Waals surface area contributed by atoms with Crippen molar-refractivity contribution in [2.75, 3.05) is 0 Å². The van der Waals surface area contributed by atoms with Crippen LogP contribution in [-0.2, 0) is 0 Å². The molecule has 0 N–H and O–H groups in total. The zero-order chi connectivity index (χ0) is 26.2. The van der Waals surface area contributed by atoms with E-state index in [1.807, 2.05) is 0 Å². The molecule has 0 radical (unpaired) electrons. The third-order valence-electron chi connectivity index (χ3n) is 4.03. The lowest BCUT2D eigenvalue weighted by atomic mass is 9.98. The molecule has 5 aromatic rings. The molecule has 1 nitrogen and oxygen atoms in total. The van der Waals surface area contributed by atoms with E-state index in [1.165, 1.54) is 6.07 Å². The molecule has 4 aromatic carbocycles. The van der Waals surface area contributed by atoms with Gasteiger partial charge < -0.3 is 4.42 Å². The van der Waals surface area contributed by atoms with Crippen LogP contribution in [0.15, 0.2) is 95.2 Å². The number of furan rings is 1. The molecular formula is C24H15ClO. The highest BCUT2D eigenvalue weighted by Gasteiger charge is 2.14. The zero-order valence-electron chi connectivity index (χ0n) is 23.2. The summed E-state index contributed by atoms with van der Waals surface area (Å²) in [5.74, 6) is 0. The molecule has 1 aromatic heterocycles. The minimum Gasteiger partial charge on any atom is -0.455 e. The molecule has 2 heteroatoms. The molecule has 1 heterocycles. The molecule has 0 aliphatic rings. The van der Waals surface area contributed by atoms with Gasteiger partial charge in [-0.25, -0.2) is 0 Å². The van der Waals surface area contributed by atoms with E-state index in [1.54, 1.807) is 24.3 Å². The number of benzene rings is 4. The normalized spacial score (nSPS) is 16.7. The van der Waals surface area contributed by atoms with Crippen molar-refractivity contribution < 1.29 is 18.1 Å². The van der Waals surface area contributed by atoms with Gasteiger partial charge in [-0.15, -0.1) is 0 Å². The molecule has 0 amide bonds. The third kappa shape index (κ3) is 2.40. The van der Waals surface area contributed by atoms with Crippen LogP contribution in [0, 0.1) is 0 Å². The minimum absolute atomic E-state index is 0.0110. The largest absolute Gasteiger partial charge is 0.455 e. The first-order chi connectivity index (χ1) is 17.0. The fourth-order valence-corrected chi connectivity index (χ4v) is 3.17. The van der Waals surface area contributed by atoms with Crippen molar-refractivity contribution in [2.45, 2.75) is 0 Å². The molecule has 0 aliphatic heterocycles. The molecule has 0 saturated heterocycles. The van der Waals surface area contributed by atoms with E-state index in [0.29, 0.717) is 21.4 Å². The highest BCUT2D eigenvalue weighted by atomic mass is 35.5. The molecule has 124 valence electrons. The summed E-state index contributed by atoms with van der Waals surface area (Å²) in [5, 5.41) is 1.49. The van der Waals surface area contributed by atoms with Gasteiger partial charge in [0.2, 0.25) is 0 Å². The third-order valence-corrected chi connectivity index (χ3v) is 4.35. The van der Waals surface area contributed by atoms with Crippen molar-refractivity contribution in [3.63, 3.8) is 0 Å². The Hall–Kier alpha value is -3.03. The summed E-state index contributed by atoms with van der Waals surface area (Å²) in [6, 6.07) is 2.51. The topological polar surface area (TPSA) is 13.1 Å². The fourth-order valence-electron chi connectivity index (χ4n) is 2.90. The Morgan fingerprint density at radius 2 is 1.58 bits per heavy atom. The summed E-state index contributed by atoms with van der Waals surface area (Å²) < 4.78 is 89.4. The van der Waals surface area contributed by atoms with Gasteiger partial charge in [0.05, 0.1) is 18.7 Å². The van der Waals surface area contributed by atoms with Crippen molar-refractivity contribution in [2.24, 2.45) is 0 Å². The van der Waals surface area contributed by atoms with Crippen LogP contribution in [-0.4, -0.2) is 0 Å². The van der Waals surface area contributed by atoms with Gasteiger partial charge >= 0.3 is 0 Å². The Bertz CT molecular complexity index is 1730. The van der Waals surface area contributed by atoms with Crippen molar-refractivity contribution >= 4 is 33.5 Å². The summed E-state index contributed by atoms with van der Waals surface area (Å²) >= 11 is 6.38. The zero-order valence-corrected chi connectivity index (χ0v) is 13.9. The monoisotopic (exact) mass is 364 g/mol. The maximum absolute atomic E-state index is 8.93. The predicted octanol–water partition coefficient (Wildman–Crippen LogP) is 7.57. The average Bonchev–Trinajstić information content (AvgIpc) is 3.23. The Morgan fingerprint density at radius 1 is 0.769 bits per heavy atom. The SMILES string of the molecule is [2H]c1ccc2c(oc3cccc(Cl)c32)c1-c1c([2H])c([2H])c([2H])c(-c2c([2H])c([2H])c([2H])c([2H])c2[2H])c1[2H]. The molecule has 0 aliphatic carbocycles. The van der Waals surface area contributed by atoms with Crippen LogP contribution in [0.5, 0.6) is 0 Å². The van der Waals surface area contributed by atoms with Crippen LogP contribution in [0.2, 0.25) is 5.02 Å². The number of fused-ring (bicyclic) bond motifs is 3. The number of halogens is 1. The first kappa shape index (κ1) is 8.11. The van der Waals surface area contributed by atoms with E-state index in [0.717, 1.165) is 0 Å². The van der Waals surface area contributed by atoms with Crippen LogP contribution in [0.25, 0.3) is 44.2 Å². The van der Waals surface area contributed by atoms with Gasteiger partial charge in [0.15, 0.2) is 0 Å². The Morgan fingerprint density at radius 3 is 2.46 bits per heavy atom. The van der Waals surface area contributed by atoms with E-state index in [4.69, 9.17) is 29.7 Å². The van der Waals surface area contributed by atoms with Gasteiger partial charge in [-0.2, -0.15) is 0 Å². The van der Waals surface area contributed by atoms with Gasteiger partial charge in [-0.3, -0.25) is 0 Å². The van der Waals surface area contributed by atoms with Crippen molar-refractivity contribution in [1.82, 2.24) is 0 Å². The second-order valence-corrected chi connectivity index (χ2v) is 5.97. The van der Waals surface area contributed by atoms with Crippen LogP contribution < -0.4 is 0 Å². The number of rotatable bonds is 2. The van der Waals surface area contributed by atoms with E-state index in [9.17, 15) is 0 Å². The summed E-state index contributed by atoms with van der Waals surface area (Å²) in [6.07, 6.45) is 0. The molecule has 0 bridgehead atoms. The molecule has 5 rings (SSSR count). The molecular weight excluding hydrogens is 340 g/mol. The van der Waals surface area contributed by atoms with Crippen molar-refractivity contribution in [3.8, 4) is 22.3 Å². The van der Waals surface area contributed by atoms with Gasteiger partial charge in [0, 0.05) is 16.3 Å². The summed E-state index contributed by atoms with van der Waals surface area (Å²) in [4.78, 5) is 0. The number of hydrogen-bond donors (Lipinski definition) is 0. The Labute approximate surface area is 170 Å². The number of hydrogen-bond acceptors (Lipinski definition) is 1. The quantitative estimate of drug-likeness (QED) is 0.314. The van der Waals surface area contributed by atoms with Crippen LogP contribution >= 0.6 is 11.6 Å². The minimum atomic E-state index is -0.650. The van der Waals surface area contributed by atoms with E-state index in [2.05, 4.69) is 0 Å². The standard InChI is InChI=1S/C24H15ClO/c25-21-13-6-14-22-23(21)20-12-5-11-19(24(20)26-22)18-10-4-9-17(15-18)16-7-2-1-3-8-16/h1-15H/i1D,2D,3D,4D,7D,8D,9D,10D,11D,15D. The van der Waals surface area contributed by atoms with E-state index in [-0.39, 0.29) is 22.8 Å². The van der Waals surface area contributed by atoms with Crippen LogP contribution in [0.1, 0.15) is 13.7 Å². The maximum Gasteiger partial charge on any atom is 0.143 e. The molecule has 0 unspecified atom stereocenters. The van der Waals surface area contributed by atoms with Gasteiger partial charge in [-0.1, -0.05) is 84.2 Å². The Balaban J connectivity index is 1.97. The molecule has 26 heavy (non-hydrogen) atoms. The lowest BCUT2D eigenvalue weighted by Crippen LogP contribution is -1.82. The second kappa shape index (κ2) is 6.05. The van der Waals surface area contributed by atoms with Crippen LogP contribution in [0.3, 0.4) is 0 Å². The van der Waals surface area contributed by atoms with Gasteiger partial charge in [-0.05, 0) is 34.9 Å². The van der Waals surface area contributed by atoms with Crippen molar-refractivity contribution in [1.29, 1.82) is 0 Å². The predicted molar refractivity (Wildman–Crippen MR) is 110 cm³/mol. The summed E-state index contributed by atoms with van der Waals surface area (Å²) in [7, 11) is 0. The fraction of sp³-hybridized carbons (Fsp3) is 0. The van der Waals surface area contributed by atoms with Crippen molar-refractivity contribution in [3.05, 3.63) is 95.8 Å². The van der Waals surface area contributed by atoms with Gasteiger partial charge in [0.25, 0.3) is 0 Å². The maximum atomic E-state index is 8.93. The molecule has 0 saturated carbocycles. The first-order valence-electron chi connectivity index (χ1n) is 12.8. The second-order valence-electron chi connectivity index (χ2n) is 5.56. The smallest absolute Gasteiger partial charge is 0.143 e. The van der Waals surface area contributed by atoms with Crippen LogP contribution in [0.4, 0.5) is 0 Å². The van der Waals surface area contributed by atoms with E-state index >= 15 is 0 Å². The van der Waals surface area contributed by atoms with Gasteiger partial charge in [0.1, 0.15) is 11.2 Å². The highest BCUT2D eigenvalue weighted by Crippen LogP contribution is 2.39. The summed E-state index contributed by atoms with van der Waals surface area (Å²) in [6.45, 7) is 0. The lowest BCUT2D eigenvalue weighted by Gasteiger charge is -2.07.